The van der Waals surface area contributed by atoms with Gasteiger partial charge in [0, 0.05) is 22.6 Å². The van der Waals surface area contributed by atoms with Crippen LogP contribution in [0.4, 0.5) is 34.1 Å². The average Bonchev–Trinajstić information content (AvgIpc) is 3.58. The maximum atomic E-state index is 2.48. The molecular formula is C55H38N2. The topological polar surface area (TPSA) is 6.48 Å². The van der Waals surface area contributed by atoms with E-state index in [1.807, 2.05) is 0 Å². The summed E-state index contributed by atoms with van der Waals surface area (Å²) in [6.07, 6.45) is 0. The van der Waals surface area contributed by atoms with Gasteiger partial charge in [-0.25, -0.2) is 0 Å². The van der Waals surface area contributed by atoms with Gasteiger partial charge in [0.25, 0.3) is 0 Å². The third-order valence-electron chi connectivity index (χ3n) is 11.9. The molecule has 0 aromatic heterocycles. The Morgan fingerprint density at radius 2 is 0.807 bits per heavy atom. The third kappa shape index (κ3) is 5.11. The highest BCUT2D eigenvalue weighted by Gasteiger charge is 2.51. The maximum Gasteiger partial charge on any atom is 0.0755 e. The van der Waals surface area contributed by atoms with Crippen LogP contribution >= 0.6 is 0 Å². The van der Waals surface area contributed by atoms with E-state index in [-0.39, 0.29) is 0 Å². The van der Waals surface area contributed by atoms with Crippen molar-refractivity contribution in [3.63, 3.8) is 0 Å². The van der Waals surface area contributed by atoms with E-state index >= 15 is 0 Å². The molecule has 0 unspecified atom stereocenters. The van der Waals surface area contributed by atoms with Gasteiger partial charge >= 0.3 is 0 Å². The zero-order chi connectivity index (χ0) is 37.8. The summed E-state index contributed by atoms with van der Waals surface area (Å²) in [5.41, 5.74) is 18.8. The van der Waals surface area contributed by atoms with Crippen LogP contribution < -0.4 is 9.80 Å². The molecule has 11 rings (SSSR count). The summed E-state index contributed by atoms with van der Waals surface area (Å²) in [6.45, 7) is 0. The molecule has 2 heteroatoms. The normalized spacial score (nSPS) is 13.0. The second-order valence-corrected chi connectivity index (χ2v) is 14.9. The van der Waals surface area contributed by atoms with Gasteiger partial charge < -0.3 is 9.80 Å². The molecule has 0 radical (unpaired) electrons. The van der Waals surface area contributed by atoms with Gasteiger partial charge in [-0.1, -0.05) is 176 Å². The first-order chi connectivity index (χ1) is 28.3. The van der Waals surface area contributed by atoms with Gasteiger partial charge in [0.15, 0.2) is 0 Å². The molecule has 9 aromatic rings. The highest BCUT2D eigenvalue weighted by molar-refractivity contribution is 5.97. The largest absolute Gasteiger partial charge is 0.310 e. The fourth-order valence-electron chi connectivity index (χ4n) is 9.48. The van der Waals surface area contributed by atoms with Crippen molar-refractivity contribution < 1.29 is 0 Å². The molecule has 1 heterocycles. The molecule has 2 nitrogen and oxygen atoms in total. The van der Waals surface area contributed by atoms with E-state index in [1.165, 1.54) is 67.0 Å². The second-order valence-electron chi connectivity index (χ2n) is 14.9. The molecule has 1 aliphatic heterocycles. The molecule has 0 fully saturated rings. The minimum absolute atomic E-state index is 0.546. The molecule has 1 aliphatic carbocycles. The van der Waals surface area contributed by atoms with Crippen molar-refractivity contribution in [1.82, 2.24) is 0 Å². The number of rotatable bonds is 6. The van der Waals surface area contributed by atoms with Crippen LogP contribution in [0.15, 0.2) is 231 Å². The first-order valence-electron chi connectivity index (χ1n) is 19.7. The summed E-state index contributed by atoms with van der Waals surface area (Å²) in [7, 11) is 0. The van der Waals surface area contributed by atoms with Crippen LogP contribution in [0.2, 0.25) is 0 Å². The summed E-state index contributed by atoms with van der Waals surface area (Å²) in [5.74, 6) is 0. The van der Waals surface area contributed by atoms with Crippen molar-refractivity contribution in [2.45, 2.75) is 5.41 Å². The van der Waals surface area contributed by atoms with Crippen LogP contribution in [-0.4, -0.2) is 0 Å². The minimum atomic E-state index is -0.546. The zero-order valence-electron chi connectivity index (χ0n) is 31.3. The number of hydrogen-bond acceptors (Lipinski definition) is 2. The van der Waals surface area contributed by atoms with Crippen LogP contribution in [-0.2, 0) is 5.41 Å². The SMILES string of the molecule is c1ccc(-c2ccc(-c3ccccc3N(c3ccccc3)c3ccc4c(c3)C3(c5ccccc5-4)c4ccccc4N(c4ccccc4)c4ccccc43)cc2)cc1. The van der Waals surface area contributed by atoms with Gasteiger partial charge in [-0.2, -0.15) is 0 Å². The first-order valence-corrected chi connectivity index (χ1v) is 19.7. The summed E-state index contributed by atoms with van der Waals surface area (Å²) >= 11 is 0. The summed E-state index contributed by atoms with van der Waals surface area (Å²) in [4.78, 5) is 4.88. The number of benzene rings is 9. The van der Waals surface area contributed by atoms with E-state index in [2.05, 4.69) is 240 Å². The van der Waals surface area contributed by atoms with Gasteiger partial charge in [0.2, 0.25) is 0 Å². The Hall–Kier alpha value is -7.42. The molecule has 0 N–H and O–H groups in total. The van der Waals surface area contributed by atoms with Gasteiger partial charge in [0.05, 0.1) is 22.5 Å². The summed E-state index contributed by atoms with van der Waals surface area (Å²) in [6, 6.07) is 84.2. The highest BCUT2D eigenvalue weighted by Crippen LogP contribution is 2.64. The van der Waals surface area contributed by atoms with E-state index < -0.39 is 5.41 Å². The molecule has 0 atom stereocenters. The monoisotopic (exact) mass is 726 g/mol. The van der Waals surface area contributed by atoms with Gasteiger partial charge in [0.1, 0.15) is 0 Å². The molecule has 9 aromatic carbocycles. The molecule has 268 valence electrons. The van der Waals surface area contributed by atoms with Crippen LogP contribution in [0.1, 0.15) is 22.3 Å². The minimum Gasteiger partial charge on any atom is -0.310 e. The Balaban J connectivity index is 1.15. The Morgan fingerprint density at radius 3 is 1.49 bits per heavy atom. The number of para-hydroxylation sites is 5. The molecule has 57 heavy (non-hydrogen) atoms. The molecule has 2 aliphatic rings. The molecule has 1 spiro atoms. The predicted molar refractivity (Wildman–Crippen MR) is 238 cm³/mol. The van der Waals surface area contributed by atoms with Crippen LogP contribution in [0.5, 0.6) is 0 Å². The van der Waals surface area contributed by atoms with Crippen molar-refractivity contribution in [1.29, 1.82) is 0 Å². The van der Waals surface area contributed by atoms with E-state index in [4.69, 9.17) is 0 Å². The van der Waals surface area contributed by atoms with E-state index in [0.29, 0.717) is 0 Å². The van der Waals surface area contributed by atoms with Crippen LogP contribution in [0.25, 0.3) is 33.4 Å². The van der Waals surface area contributed by atoms with Gasteiger partial charge in [-0.15, -0.1) is 0 Å². The Morgan fingerprint density at radius 1 is 0.316 bits per heavy atom. The lowest BCUT2D eigenvalue weighted by Gasteiger charge is -2.45. The molecule has 0 saturated carbocycles. The molecule has 0 amide bonds. The number of fused-ring (bicyclic) bond motifs is 9. The van der Waals surface area contributed by atoms with Crippen molar-refractivity contribution in [2.75, 3.05) is 9.80 Å². The van der Waals surface area contributed by atoms with E-state index in [9.17, 15) is 0 Å². The molecule has 0 bridgehead atoms. The Labute approximate surface area is 334 Å². The molecular weight excluding hydrogens is 689 g/mol. The van der Waals surface area contributed by atoms with Crippen molar-refractivity contribution in [3.8, 4) is 33.4 Å². The standard InChI is InChI=1S/C55H38N2/c1-4-18-39(19-5-1)40-32-34-41(35-33-40)45-24-11-15-29-52(45)56(42-20-6-2-7-21-42)44-36-37-47-46-25-10-12-26-48(46)55(51(47)38-44)49-27-13-16-30-53(49)57(43-22-8-3-9-23-43)54-31-17-14-28-50(54)55/h1-38H. The van der Waals surface area contributed by atoms with E-state index in [1.54, 1.807) is 0 Å². The molecule has 0 saturated heterocycles. The van der Waals surface area contributed by atoms with Crippen LogP contribution in [0.3, 0.4) is 0 Å². The first kappa shape index (κ1) is 33.0. The maximum absolute atomic E-state index is 2.48. The van der Waals surface area contributed by atoms with Crippen LogP contribution in [0, 0.1) is 0 Å². The highest BCUT2D eigenvalue weighted by atomic mass is 15.2. The summed E-state index contributed by atoms with van der Waals surface area (Å²) < 4.78 is 0. The fourth-order valence-corrected chi connectivity index (χ4v) is 9.48. The zero-order valence-corrected chi connectivity index (χ0v) is 31.3. The van der Waals surface area contributed by atoms with E-state index in [0.717, 1.165) is 22.7 Å². The van der Waals surface area contributed by atoms with Gasteiger partial charge in [-0.3, -0.25) is 0 Å². The van der Waals surface area contributed by atoms with Crippen molar-refractivity contribution in [3.05, 3.63) is 253 Å². The summed E-state index contributed by atoms with van der Waals surface area (Å²) in [5, 5.41) is 0. The predicted octanol–water partition coefficient (Wildman–Crippen LogP) is 14.6. The fraction of sp³-hybridized carbons (Fsp3) is 0.0182. The second kappa shape index (κ2) is 13.4. The Kier molecular flexibility index (Phi) is 7.75. The number of nitrogens with zero attached hydrogens (tertiary/aromatic N) is 2. The van der Waals surface area contributed by atoms with Gasteiger partial charge in [-0.05, 0) is 105 Å². The third-order valence-corrected chi connectivity index (χ3v) is 11.9. The van der Waals surface area contributed by atoms with Crippen molar-refractivity contribution in [2.24, 2.45) is 0 Å². The average molecular weight is 727 g/mol. The number of anilines is 6. The van der Waals surface area contributed by atoms with Crippen molar-refractivity contribution >= 4 is 34.1 Å². The lowest BCUT2D eigenvalue weighted by atomic mass is 9.64. The lowest BCUT2D eigenvalue weighted by molar-refractivity contribution is 0.752. The Bertz CT molecular complexity index is 2850. The quantitative estimate of drug-likeness (QED) is 0.168. The number of hydrogen-bond donors (Lipinski definition) is 0. The smallest absolute Gasteiger partial charge is 0.0755 e. The lowest BCUT2D eigenvalue weighted by Crippen LogP contribution is -2.36.